The van der Waals surface area contributed by atoms with Crippen LogP contribution < -0.4 is 0 Å². The van der Waals surface area contributed by atoms with Gasteiger partial charge in [0.1, 0.15) is 6.04 Å². The number of amides is 2. The second-order valence-electron chi connectivity index (χ2n) is 5.35. The molecule has 0 aromatic rings. The molecule has 0 spiro atoms. The molecule has 7 heteroatoms. The summed E-state index contributed by atoms with van der Waals surface area (Å²) in [5, 5.41) is 28.3. The lowest BCUT2D eigenvalue weighted by atomic mass is 10.1. The second kappa shape index (κ2) is 4.40. The number of urea groups is 1. The Morgan fingerprint density at radius 2 is 2.06 bits per heavy atom. The van der Waals surface area contributed by atoms with Crippen LogP contribution in [0, 0.1) is 0 Å². The summed E-state index contributed by atoms with van der Waals surface area (Å²) in [4.78, 5) is 25.8. The van der Waals surface area contributed by atoms with E-state index in [1.54, 1.807) is 6.92 Å². The molecule has 102 valence electrons. The van der Waals surface area contributed by atoms with Gasteiger partial charge in [-0.15, -0.1) is 0 Å². The van der Waals surface area contributed by atoms with Gasteiger partial charge in [0.15, 0.2) is 0 Å². The monoisotopic (exact) mass is 258 g/mol. The number of likely N-dealkylation sites (tertiary alicyclic amines) is 2. The van der Waals surface area contributed by atoms with Gasteiger partial charge in [-0.05, 0) is 13.3 Å². The highest BCUT2D eigenvalue weighted by Crippen LogP contribution is 2.25. The molecule has 18 heavy (non-hydrogen) atoms. The molecule has 2 aliphatic heterocycles. The molecule has 7 nitrogen and oxygen atoms in total. The van der Waals surface area contributed by atoms with Crippen LogP contribution in [-0.2, 0) is 4.79 Å². The zero-order valence-corrected chi connectivity index (χ0v) is 10.2. The van der Waals surface area contributed by atoms with Gasteiger partial charge in [0.25, 0.3) is 0 Å². The van der Waals surface area contributed by atoms with Crippen LogP contribution in [0.15, 0.2) is 0 Å². The molecule has 2 fully saturated rings. The maximum absolute atomic E-state index is 12.2. The van der Waals surface area contributed by atoms with Crippen molar-refractivity contribution in [1.29, 1.82) is 0 Å². The van der Waals surface area contributed by atoms with Crippen molar-refractivity contribution in [3.63, 3.8) is 0 Å². The van der Waals surface area contributed by atoms with Crippen molar-refractivity contribution in [2.45, 2.75) is 37.5 Å². The predicted octanol–water partition coefficient (Wildman–Crippen LogP) is -0.917. The number of carboxylic acid groups (broad SMARTS) is 1. The van der Waals surface area contributed by atoms with Crippen molar-refractivity contribution >= 4 is 12.0 Å². The fourth-order valence-corrected chi connectivity index (χ4v) is 2.55. The number of rotatable bonds is 1. The number of carbonyl (C=O) groups excluding carboxylic acids is 1. The fraction of sp³-hybridized carbons (Fsp3) is 0.818. The molecule has 0 bridgehead atoms. The molecule has 0 aromatic carbocycles. The van der Waals surface area contributed by atoms with E-state index in [1.807, 2.05) is 0 Å². The van der Waals surface area contributed by atoms with E-state index in [9.17, 15) is 19.8 Å². The van der Waals surface area contributed by atoms with Gasteiger partial charge >= 0.3 is 12.0 Å². The molecule has 2 heterocycles. The average Bonchev–Trinajstić information content (AvgIpc) is 2.80. The zero-order valence-electron chi connectivity index (χ0n) is 10.2. The van der Waals surface area contributed by atoms with Crippen molar-refractivity contribution in [3.8, 4) is 0 Å². The maximum atomic E-state index is 12.2. The molecule has 3 atom stereocenters. The Balaban J connectivity index is 2.07. The van der Waals surface area contributed by atoms with Crippen molar-refractivity contribution < 1.29 is 24.9 Å². The molecule has 2 unspecified atom stereocenters. The molecule has 0 radical (unpaired) electrons. The third-order valence-corrected chi connectivity index (χ3v) is 3.53. The number of nitrogens with zero attached hydrogens (tertiary/aromatic N) is 2. The predicted molar refractivity (Wildman–Crippen MR) is 61.0 cm³/mol. The number of hydrogen-bond acceptors (Lipinski definition) is 4. The van der Waals surface area contributed by atoms with Crippen LogP contribution in [0.2, 0.25) is 0 Å². The molecule has 3 N–H and O–H groups in total. The SMILES string of the molecule is CC1(O)CCN(C(=O)N2CC(O)C[C@H]2C(=O)O)C1. The van der Waals surface area contributed by atoms with Crippen LogP contribution in [0.3, 0.4) is 0 Å². The minimum Gasteiger partial charge on any atom is -0.480 e. The molecule has 0 aliphatic carbocycles. The first kappa shape index (κ1) is 13.1. The van der Waals surface area contributed by atoms with E-state index < -0.39 is 29.7 Å². The first-order valence-electron chi connectivity index (χ1n) is 5.99. The van der Waals surface area contributed by atoms with Crippen molar-refractivity contribution in [3.05, 3.63) is 0 Å². The summed E-state index contributed by atoms with van der Waals surface area (Å²) in [5.41, 5.74) is -0.910. The Kier molecular flexibility index (Phi) is 3.20. The Labute approximate surface area is 105 Å². The maximum Gasteiger partial charge on any atom is 0.326 e. The van der Waals surface area contributed by atoms with Gasteiger partial charge in [0.2, 0.25) is 0 Å². The molecular formula is C11H18N2O5. The number of carboxylic acids is 1. The highest BCUT2D eigenvalue weighted by atomic mass is 16.4. The van der Waals surface area contributed by atoms with Gasteiger partial charge in [-0.3, -0.25) is 0 Å². The van der Waals surface area contributed by atoms with Gasteiger partial charge < -0.3 is 25.1 Å². The topological polar surface area (TPSA) is 101 Å². The van der Waals surface area contributed by atoms with Gasteiger partial charge in [0.05, 0.1) is 18.2 Å². The lowest BCUT2D eigenvalue weighted by Crippen LogP contribution is -2.48. The fourth-order valence-electron chi connectivity index (χ4n) is 2.55. The number of aliphatic carboxylic acids is 1. The lowest BCUT2D eigenvalue weighted by Gasteiger charge is -2.27. The Morgan fingerprint density at radius 3 is 2.56 bits per heavy atom. The number of carbonyl (C=O) groups is 2. The summed E-state index contributed by atoms with van der Waals surface area (Å²) < 4.78 is 0. The third-order valence-electron chi connectivity index (χ3n) is 3.53. The van der Waals surface area contributed by atoms with E-state index in [0.29, 0.717) is 13.0 Å². The van der Waals surface area contributed by atoms with Crippen LogP contribution in [0.1, 0.15) is 19.8 Å². The molecule has 2 rings (SSSR count). The van der Waals surface area contributed by atoms with E-state index in [4.69, 9.17) is 5.11 Å². The molecule has 0 aromatic heterocycles. The van der Waals surface area contributed by atoms with E-state index in [0.717, 1.165) is 0 Å². The summed E-state index contributed by atoms with van der Waals surface area (Å²) in [6, 6.07) is -1.39. The van der Waals surface area contributed by atoms with E-state index >= 15 is 0 Å². The van der Waals surface area contributed by atoms with Crippen molar-refractivity contribution in [2.24, 2.45) is 0 Å². The first-order chi connectivity index (χ1) is 8.30. The van der Waals surface area contributed by atoms with Gasteiger partial charge in [-0.2, -0.15) is 0 Å². The van der Waals surface area contributed by atoms with Gasteiger partial charge in [-0.25, -0.2) is 9.59 Å². The van der Waals surface area contributed by atoms with Crippen LogP contribution in [0.25, 0.3) is 0 Å². The minimum absolute atomic E-state index is 0.0362. The van der Waals surface area contributed by atoms with E-state index in [1.165, 1.54) is 9.80 Å². The summed E-state index contributed by atoms with van der Waals surface area (Å²) in [6.07, 6.45) is -0.254. The molecule has 2 aliphatic rings. The Hall–Kier alpha value is -1.34. The van der Waals surface area contributed by atoms with Crippen LogP contribution in [0.5, 0.6) is 0 Å². The number of aliphatic hydroxyl groups is 2. The summed E-state index contributed by atoms with van der Waals surface area (Å²) in [6.45, 7) is 2.29. The van der Waals surface area contributed by atoms with Crippen molar-refractivity contribution in [2.75, 3.05) is 19.6 Å². The summed E-state index contributed by atoms with van der Waals surface area (Å²) >= 11 is 0. The Bertz CT molecular complexity index is 370. The lowest BCUT2D eigenvalue weighted by molar-refractivity contribution is -0.141. The van der Waals surface area contributed by atoms with Crippen LogP contribution in [-0.4, -0.2) is 74.5 Å². The number of aliphatic hydroxyl groups excluding tert-OH is 1. The minimum atomic E-state index is -1.11. The molecule has 2 saturated heterocycles. The molecule has 0 saturated carbocycles. The van der Waals surface area contributed by atoms with Crippen molar-refractivity contribution in [1.82, 2.24) is 9.80 Å². The quantitative estimate of drug-likeness (QED) is 0.565. The van der Waals surface area contributed by atoms with Gasteiger partial charge in [0, 0.05) is 19.5 Å². The molecular weight excluding hydrogens is 240 g/mol. The highest BCUT2D eigenvalue weighted by molar-refractivity contribution is 5.83. The smallest absolute Gasteiger partial charge is 0.326 e. The third kappa shape index (κ3) is 2.41. The normalized spacial score (nSPS) is 36.2. The summed E-state index contributed by atoms with van der Waals surface area (Å²) in [5.74, 6) is -1.11. The standard InChI is InChI=1S/C11H18N2O5/c1-11(18)2-3-12(6-11)10(17)13-5-7(14)4-8(13)9(15)16/h7-8,14,18H,2-6H2,1H3,(H,15,16)/t7?,8-,11?/m0/s1. The zero-order chi connectivity index (χ0) is 13.5. The first-order valence-corrected chi connectivity index (χ1v) is 5.99. The molecule has 2 amide bonds. The second-order valence-corrected chi connectivity index (χ2v) is 5.35. The highest BCUT2D eigenvalue weighted by Gasteiger charge is 2.43. The van der Waals surface area contributed by atoms with E-state index in [-0.39, 0.29) is 19.5 Å². The average molecular weight is 258 g/mol. The van der Waals surface area contributed by atoms with Gasteiger partial charge in [-0.1, -0.05) is 0 Å². The Morgan fingerprint density at radius 1 is 1.39 bits per heavy atom. The van der Waals surface area contributed by atoms with E-state index in [2.05, 4.69) is 0 Å². The van der Waals surface area contributed by atoms with Crippen LogP contribution >= 0.6 is 0 Å². The largest absolute Gasteiger partial charge is 0.480 e. The number of hydrogen-bond donors (Lipinski definition) is 3. The van der Waals surface area contributed by atoms with Crippen LogP contribution in [0.4, 0.5) is 4.79 Å². The number of β-amino-alcohol motifs (C(OH)–C–C–N with tert-alkyl or cyclic N) is 2. The summed E-state index contributed by atoms with van der Waals surface area (Å²) in [7, 11) is 0.